The molecule has 6 nitrogen and oxygen atoms in total. The molecule has 0 aromatic carbocycles. The molecule has 0 N–H and O–H groups in total. The minimum atomic E-state index is -0.460. The van der Waals surface area contributed by atoms with Gasteiger partial charge in [0.05, 0.1) is 18.9 Å². The Morgan fingerprint density at radius 1 is 1.39 bits per heavy atom. The normalized spacial score (nSPS) is 14.7. The standard InChI is InChI=1S/C10H13N3O3.C2H6/c1-8-6-9(7-11-10(8)13(14)15)12-2-4-16-5-3-12;1-2/h6-7H,2-5H2,1H3;1-2H3. The van der Waals surface area contributed by atoms with Crippen molar-refractivity contribution in [2.45, 2.75) is 20.8 Å². The first-order valence-corrected chi connectivity index (χ1v) is 6.12. The van der Waals surface area contributed by atoms with Crippen molar-refractivity contribution in [2.24, 2.45) is 0 Å². The van der Waals surface area contributed by atoms with Gasteiger partial charge in [0.1, 0.15) is 0 Å². The first-order valence-electron chi connectivity index (χ1n) is 6.12. The molecular weight excluding hydrogens is 234 g/mol. The van der Waals surface area contributed by atoms with E-state index >= 15 is 0 Å². The summed E-state index contributed by atoms with van der Waals surface area (Å²) >= 11 is 0. The fourth-order valence-electron chi connectivity index (χ4n) is 1.74. The van der Waals surface area contributed by atoms with E-state index in [1.807, 2.05) is 13.8 Å². The summed E-state index contributed by atoms with van der Waals surface area (Å²) in [6.07, 6.45) is 1.55. The number of nitro groups is 1. The zero-order chi connectivity index (χ0) is 13.5. The molecule has 1 saturated heterocycles. The molecule has 1 aliphatic rings. The van der Waals surface area contributed by atoms with Crippen LogP contribution in [-0.4, -0.2) is 36.2 Å². The molecule has 0 spiro atoms. The van der Waals surface area contributed by atoms with Gasteiger partial charge in [0.25, 0.3) is 0 Å². The van der Waals surface area contributed by atoms with Gasteiger partial charge in [0.15, 0.2) is 6.20 Å². The number of pyridine rings is 1. The highest BCUT2D eigenvalue weighted by Gasteiger charge is 2.17. The molecule has 0 amide bonds. The van der Waals surface area contributed by atoms with Crippen LogP contribution in [0, 0.1) is 17.0 Å². The lowest BCUT2D eigenvalue weighted by Gasteiger charge is -2.27. The van der Waals surface area contributed by atoms with Crippen LogP contribution < -0.4 is 4.90 Å². The number of aromatic nitrogens is 1. The van der Waals surface area contributed by atoms with Gasteiger partial charge < -0.3 is 19.8 Å². The van der Waals surface area contributed by atoms with Gasteiger partial charge >= 0.3 is 5.82 Å². The van der Waals surface area contributed by atoms with E-state index in [0.29, 0.717) is 18.8 Å². The summed E-state index contributed by atoms with van der Waals surface area (Å²) < 4.78 is 5.24. The zero-order valence-corrected chi connectivity index (χ0v) is 11.0. The van der Waals surface area contributed by atoms with Gasteiger partial charge in [-0.2, -0.15) is 0 Å². The molecule has 6 heteroatoms. The van der Waals surface area contributed by atoms with E-state index < -0.39 is 4.92 Å². The average molecular weight is 253 g/mol. The quantitative estimate of drug-likeness (QED) is 0.596. The predicted octanol–water partition coefficient (Wildman–Crippen LogP) is 2.16. The Labute approximate surface area is 107 Å². The van der Waals surface area contributed by atoms with Crippen LogP contribution in [0.25, 0.3) is 0 Å². The zero-order valence-electron chi connectivity index (χ0n) is 11.0. The molecule has 1 aromatic rings. The Morgan fingerprint density at radius 2 is 2.00 bits per heavy atom. The molecule has 1 fully saturated rings. The first kappa shape index (κ1) is 14.4. The third kappa shape index (κ3) is 3.40. The molecule has 18 heavy (non-hydrogen) atoms. The lowest BCUT2D eigenvalue weighted by atomic mass is 10.2. The maximum atomic E-state index is 10.6. The molecule has 0 unspecified atom stereocenters. The molecule has 0 saturated carbocycles. The fourth-order valence-corrected chi connectivity index (χ4v) is 1.74. The fraction of sp³-hybridized carbons (Fsp3) is 0.583. The van der Waals surface area contributed by atoms with E-state index in [2.05, 4.69) is 9.88 Å². The summed E-state index contributed by atoms with van der Waals surface area (Å²) in [6, 6.07) is 1.80. The van der Waals surface area contributed by atoms with Crippen molar-refractivity contribution in [2.75, 3.05) is 31.2 Å². The van der Waals surface area contributed by atoms with Crippen LogP contribution in [0.15, 0.2) is 12.3 Å². The van der Waals surface area contributed by atoms with E-state index in [-0.39, 0.29) is 5.82 Å². The van der Waals surface area contributed by atoms with Crippen LogP contribution in [0.4, 0.5) is 11.5 Å². The van der Waals surface area contributed by atoms with Gasteiger partial charge in [-0.15, -0.1) is 0 Å². The molecule has 100 valence electrons. The van der Waals surface area contributed by atoms with E-state index in [0.717, 1.165) is 18.8 Å². The summed E-state index contributed by atoms with van der Waals surface area (Å²) in [7, 11) is 0. The monoisotopic (exact) mass is 253 g/mol. The number of anilines is 1. The molecular formula is C12H19N3O3. The Morgan fingerprint density at radius 3 is 2.50 bits per heavy atom. The predicted molar refractivity (Wildman–Crippen MR) is 70.0 cm³/mol. The van der Waals surface area contributed by atoms with Crippen molar-refractivity contribution in [3.63, 3.8) is 0 Å². The van der Waals surface area contributed by atoms with Crippen molar-refractivity contribution in [1.82, 2.24) is 4.98 Å². The Balaban J connectivity index is 0.000000771. The van der Waals surface area contributed by atoms with Crippen molar-refractivity contribution in [3.05, 3.63) is 27.9 Å². The van der Waals surface area contributed by atoms with Gasteiger partial charge in [0, 0.05) is 18.7 Å². The number of rotatable bonds is 2. The summed E-state index contributed by atoms with van der Waals surface area (Å²) in [6.45, 7) is 8.69. The van der Waals surface area contributed by atoms with Crippen molar-refractivity contribution < 1.29 is 9.66 Å². The van der Waals surface area contributed by atoms with Gasteiger partial charge in [-0.05, 0) is 22.9 Å². The lowest BCUT2D eigenvalue weighted by Crippen LogP contribution is -2.36. The van der Waals surface area contributed by atoms with Gasteiger partial charge in [-0.3, -0.25) is 0 Å². The summed E-state index contributed by atoms with van der Waals surface area (Å²) in [4.78, 5) is 16.1. The number of nitrogens with zero attached hydrogens (tertiary/aromatic N) is 3. The molecule has 2 heterocycles. The second kappa shape index (κ2) is 6.90. The first-order chi connectivity index (χ1) is 8.68. The lowest BCUT2D eigenvalue weighted by molar-refractivity contribution is -0.390. The van der Waals surface area contributed by atoms with Crippen molar-refractivity contribution in [3.8, 4) is 0 Å². The molecule has 1 aromatic heterocycles. The molecule has 1 aliphatic heterocycles. The third-order valence-corrected chi connectivity index (χ3v) is 2.59. The Hall–Kier alpha value is -1.69. The molecule has 0 atom stereocenters. The highest BCUT2D eigenvalue weighted by molar-refractivity contribution is 5.50. The number of aryl methyl sites for hydroxylation is 1. The van der Waals surface area contributed by atoms with Crippen LogP contribution in [0.2, 0.25) is 0 Å². The van der Waals surface area contributed by atoms with Crippen molar-refractivity contribution in [1.29, 1.82) is 0 Å². The second-order valence-corrected chi connectivity index (χ2v) is 3.69. The van der Waals surface area contributed by atoms with E-state index in [9.17, 15) is 10.1 Å². The minimum Gasteiger partial charge on any atom is -0.378 e. The van der Waals surface area contributed by atoms with Gasteiger partial charge in [-0.1, -0.05) is 13.8 Å². The van der Waals surface area contributed by atoms with E-state index in [1.165, 1.54) is 0 Å². The number of morpholine rings is 1. The van der Waals surface area contributed by atoms with Crippen LogP contribution in [0.1, 0.15) is 19.4 Å². The molecule has 2 rings (SSSR count). The second-order valence-electron chi connectivity index (χ2n) is 3.69. The number of hydrogen-bond donors (Lipinski definition) is 0. The highest BCUT2D eigenvalue weighted by Crippen LogP contribution is 2.21. The largest absolute Gasteiger partial charge is 0.378 e. The van der Waals surface area contributed by atoms with Crippen LogP contribution in [-0.2, 0) is 4.74 Å². The van der Waals surface area contributed by atoms with E-state index in [4.69, 9.17) is 4.74 Å². The van der Waals surface area contributed by atoms with Crippen molar-refractivity contribution >= 4 is 11.5 Å². The van der Waals surface area contributed by atoms with E-state index in [1.54, 1.807) is 19.2 Å². The number of hydrogen-bond acceptors (Lipinski definition) is 5. The van der Waals surface area contributed by atoms with Gasteiger partial charge in [0.2, 0.25) is 0 Å². The summed E-state index contributed by atoms with van der Waals surface area (Å²) in [5.41, 5.74) is 1.51. The average Bonchev–Trinajstić information content (AvgIpc) is 2.41. The summed E-state index contributed by atoms with van der Waals surface area (Å²) in [5, 5.41) is 10.6. The maximum Gasteiger partial charge on any atom is 0.366 e. The molecule has 0 aliphatic carbocycles. The van der Waals surface area contributed by atoms with Crippen LogP contribution in [0.5, 0.6) is 0 Å². The Kier molecular flexibility index (Phi) is 5.51. The smallest absolute Gasteiger partial charge is 0.366 e. The molecule has 0 bridgehead atoms. The maximum absolute atomic E-state index is 10.6. The third-order valence-electron chi connectivity index (χ3n) is 2.59. The topological polar surface area (TPSA) is 68.5 Å². The van der Waals surface area contributed by atoms with Crippen LogP contribution >= 0.6 is 0 Å². The molecule has 0 radical (unpaired) electrons. The number of ether oxygens (including phenoxy) is 1. The Bertz CT molecular complexity index is 404. The van der Waals surface area contributed by atoms with Crippen LogP contribution in [0.3, 0.4) is 0 Å². The summed E-state index contributed by atoms with van der Waals surface area (Å²) in [5.74, 6) is -0.0722. The SMILES string of the molecule is CC.Cc1cc(N2CCOCC2)cnc1[N+](=O)[O-]. The minimum absolute atomic E-state index is 0.0722. The highest BCUT2D eigenvalue weighted by atomic mass is 16.6. The van der Waals surface area contributed by atoms with Gasteiger partial charge in [-0.25, -0.2) is 0 Å².